The molecule has 0 aromatic heterocycles. The van der Waals surface area contributed by atoms with Crippen LogP contribution in [0.25, 0.3) is 0 Å². The van der Waals surface area contributed by atoms with Crippen LogP contribution in [-0.2, 0) is 27.2 Å². The van der Waals surface area contributed by atoms with E-state index in [2.05, 4.69) is 5.32 Å². The fourth-order valence-electron chi connectivity index (χ4n) is 2.51. The van der Waals surface area contributed by atoms with Gasteiger partial charge in [-0.05, 0) is 35.4 Å². The largest absolute Gasteiger partial charge is 0.497 e. The van der Waals surface area contributed by atoms with Crippen molar-refractivity contribution >= 4 is 11.9 Å². The van der Waals surface area contributed by atoms with Gasteiger partial charge < -0.3 is 14.8 Å². The van der Waals surface area contributed by atoms with E-state index in [1.807, 2.05) is 0 Å². The first-order chi connectivity index (χ1) is 12.4. The second-order valence-electron chi connectivity index (χ2n) is 5.65. The normalized spacial score (nSPS) is 11.5. The van der Waals surface area contributed by atoms with Gasteiger partial charge in [0, 0.05) is 12.5 Å². The van der Waals surface area contributed by atoms with Gasteiger partial charge in [0.15, 0.2) is 0 Å². The number of methoxy groups -OCH3 is 2. The summed E-state index contributed by atoms with van der Waals surface area (Å²) in [5, 5.41) is 2.54. The van der Waals surface area contributed by atoms with E-state index in [1.54, 1.807) is 24.3 Å². The molecule has 1 amide bonds. The lowest BCUT2D eigenvalue weighted by molar-refractivity contribution is -0.145. The fraction of sp³-hybridized carbons (Fsp3) is 0.263. The van der Waals surface area contributed by atoms with E-state index in [-0.39, 0.29) is 18.4 Å². The van der Waals surface area contributed by atoms with Crippen LogP contribution in [0.1, 0.15) is 11.1 Å². The Kier molecular flexibility index (Phi) is 6.66. The quantitative estimate of drug-likeness (QED) is 0.768. The fourth-order valence-corrected chi connectivity index (χ4v) is 2.51. The molecule has 0 fully saturated rings. The topological polar surface area (TPSA) is 64.6 Å². The van der Waals surface area contributed by atoms with E-state index in [4.69, 9.17) is 9.47 Å². The zero-order valence-corrected chi connectivity index (χ0v) is 14.4. The van der Waals surface area contributed by atoms with Crippen molar-refractivity contribution in [3.63, 3.8) is 0 Å². The molecule has 2 rings (SSSR count). The third-order valence-corrected chi connectivity index (χ3v) is 3.68. The zero-order chi connectivity index (χ0) is 19.1. The van der Waals surface area contributed by atoms with E-state index < -0.39 is 29.6 Å². The third-order valence-electron chi connectivity index (χ3n) is 3.68. The first kappa shape index (κ1) is 19.4. The second kappa shape index (κ2) is 8.94. The zero-order valence-electron chi connectivity index (χ0n) is 14.4. The summed E-state index contributed by atoms with van der Waals surface area (Å²) in [6, 6.07) is 8.97. The maximum Gasteiger partial charge on any atom is 0.328 e. The van der Waals surface area contributed by atoms with Crippen molar-refractivity contribution in [3.05, 3.63) is 65.2 Å². The minimum Gasteiger partial charge on any atom is -0.497 e. The summed E-state index contributed by atoms with van der Waals surface area (Å²) in [6.45, 7) is 0. The van der Waals surface area contributed by atoms with Gasteiger partial charge in [0.2, 0.25) is 5.91 Å². The number of esters is 1. The number of ether oxygens (including phenoxy) is 2. The summed E-state index contributed by atoms with van der Waals surface area (Å²) < 4.78 is 36.3. The lowest BCUT2D eigenvalue weighted by Gasteiger charge is -2.17. The Morgan fingerprint density at radius 2 is 1.73 bits per heavy atom. The first-order valence-corrected chi connectivity index (χ1v) is 7.86. The van der Waals surface area contributed by atoms with Crippen molar-refractivity contribution in [1.29, 1.82) is 0 Å². The standard InChI is InChI=1S/C19H19F2NO4/c1-25-16-5-3-4-12(8-16)9-17(19(24)26-2)22-18(23)10-13-6-14(20)11-15(21)7-13/h3-8,11,17H,9-10H2,1-2H3,(H,22,23)/t17-/m1/s1. The average Bonchev–Trinajstić information content (AvgIpc) is 2.59. The molecule has 0 bridgehead atoms. The van der Waals surface area contributed by atoms with Crippen LogP contribution in [0.3, 0.4) is 0 Å². The number of benzene rings is 2. The van der Waals surface area contributed by atoms with Crippen LogP contribution in [0.15, 0.2) is 42.5 Å². The number of amides is 1. The minimum atomic E-state index is -0.932. The highest BCUT2D eigenvalue weighted by molar-refractivity contribution is 5.85. The Labute approximate surface area is 149 Å². The number of nitrogens with one attached hydrogen (secondary N) is 1. The molecule has 26 heavy (non-hydrogen) atoms. The van der Waals surface area contributed by atoms with Crippen LogP contribution in [0, 0.1) is 11.6 Å². The Bertz CT molecular complexity index is 775. The Morgan fingerprint density at radius 3 is 2.35 bits per heavy atom. The van der Waals surface area contributed by atoms with Gasteiger partial charge in [0.1, 0.15) is 23.4 Å². The van der Waals surface area contributed by atoms with Gasteiger partial charge in [0.05, 0.1) is 20.6 Å². The molecule has 2 aromatic rings. The molecule has 2 aromatic carbocycles. The summed E-state index contributed by atoms with van der Waals surface area (Å²) in [7, 11) is 2.74. The van der Waals surface area contributed by atoms with Gasteiger partial charge in [-0.1, -0.05) is 12.1 Å². The maximum atomic E-state index is 13.2. The van der Waals surface area contributed by atoms with Crippen LogP contribution in [0.2, 0.25) is 0 Å². The highest BCUT2D eigenvalue weighted by atomic mass is 19.1. The van der Waals surface area contributed by atoms with Crippen LogP contribution in [0.5, 0.6) is 5.75 Å². The van der Waals surface area contributed by atoms with Crippen LogP contribution in [0.4, 0.5) is 8.78 Å². The van der Waals surface area contributed by atoms with Gasteiger partial charge in [-0.15, -0.1) is 0 Å². The van der Waals surface area contributed by atoms with Crippen LogP contribution in [-0.4, -0.2) is 32.1 Å². The molecule has 0 aliphatic carbocycles. The molecular formula is C19H19F2NO4. The summed E-state index contributed by atoms with van der Waals surface area (Å²) in [6.07, 6.45) is -0.0760. The van der Waals surface area contributed by atoms with E-state index in [9.17, 15) is 18.4 Å². The van der Waals surface area contributed by atoms with Gasteiger partial charge in [0.25, 0.3) is 0 Å². The van der Waals surface area contributed by atoms with Gasteiger partial charge in [-0.3, -0.25) is 4.79 Å². The predicted molar refractivity (Wildman–Crippen MR) is 90.7 cm³/mol. The van der Waals surface area contributed by atoms with Crippen molar-refractivity contribution < 1.29 is 27.8 Å². The number of halogens is 2. The first-order valence-electron chi connectivity index (χ1n) is 7.86. The molecule has 0 unspecified atom stereocenters. The molecule has 0 heterocycles. The molecule has 0 aliphatic heterocycles. The molecular weight excluding hydrogens is 344 g/mol. The molecule has 1 atom stereocenters. The lowest BCUT2D eigenvalue weighted by atomic mass is 10.0. The van der Waals surface area contributed by atoms with Crippen molar-refractivity contribution in [2.24, 2.45) is 0 Å². The van der Waals surface area contributed by atoms with E-state index in [1.165, 1.54) is 14.2 Å². The molecule has 7 heteroatoms. The summed E-state index contributed by atoms with van der Waals surface area (Å²) >= 11 is 0. The number of carbonyl (C=O) groups excluding carboxylic acids is 2. The molecule has 1 N–H and O–H groups in total. The molecule has 0 saturated heterocycles. The summed E-state index contributed by atoms with van der Waals surface area (Å²) in [5.74, 6) is -2.09. The second-order valence-corrected chi connectivity index (χ2v) is 5.65. The number of hydrogen-bond donors (Lipinski definition) is 1. The van der Waals surface area contributed by atoms with Gasteiger partial charge in [-0.25, -0.2) is 13.6 Å². The number of hydrogen-bond acceptors (Lipinski definition) is 4. The molecule has 0 aliphatic rings. The smallest absolute Gasteiger partial charge is 0.328 e. The Morgan fingerprint density at radius 1 is 1.04 bits per heavy atom. The minimum absolute atomic E-state index is 0.171. The van der Waals surface area contributed by atoms with Crippen LogP contribution < -0.4 is 10.1 Å². The highest BCUT2D eigenvalue weighted by Crippen LogP contribution is 2.15. The van der Waals surface area contributed by atoms with E-state index in [0.717, 1.165) is 23.8 Å². The summed E-state index contributed by atoms with van der Waals surface area (Å²) in [4.78, 5) is 24.2. The molecule has 138 valence electrons. The van der Waals surface area contributed by atoms with Crippen LogP contribution >= 0.6 is 0 Å². The highest BCUT2D eigenvalue weighted by Gasteiger charge is 2.22. The Hall–Kier alpha value is -2.96. The van der Waals surface area contributed by atoms with E-state index in [0.29, 0.717) is 5.75 Å². The molecule has 0 spiro atoms. The molecule has 0 radical (unpaired) electrons. The third kappa shape index (κ3) is 5.54. The van der Waals surface area contributed by atoms with Crippen molar-refractivity contribution in [1.82, 2.24) is 5.32 Å². The monoisotopic (exact) mass is 363 g/mol. The SMILES string of the molecule is COC(=O)[C@@H](Cc1cccc(OC)c1)NC(=O)Cc1cc(F)cc(F)c1. The van der Waals surface area contributed by atoms with Gasteiger partial charge in [-0.2, -0.15) is 0 Å². The van der Waals surface area contributed by atoms with Crippen molar-refractivity contribution in [2.45, 2.75) is 18.9 Å². The maximum absolute atomic E-state index is 13.2. The Balaban J connectivity index is 2.09. The van der Waals surface area contributed by atoms with Crippen molar-refractivity contribution in [2.75, 3.05) is 14.2 Å². The average molecular weight is 363 g/mol. The summed E-state index contributed by atoms with van der Waals surface area (Å²) in [5.41, 5.74) is 0.932. The number of rotatable bonds is 7. The molecule has 0 saturated carbocycles. The number of carbonyl (C=O) groups is 2. The molecule has 5 nitrogen and oxygen atoms in total. The van der Waals surface area contributed by atoms with Crippen molar-refractivity contribution in [3.8, 4) is 5.75 Å². The lowest BCUT2D eigenvalue weighted by Crippen LogP contribution is -2.43. The van der Waals surface area contributed by atoms with E-state index >= 15 is 0 Å². The van der Waals surface area contributed by atoms with Gasteiger partial charge >= 0.3 is 5.97 Å². The predicted octanol–water partition coefficient (Wildman–Crippen LogP) is 2.42.